The Morgan fingerprint density at radius 3 is 2.47 bits per heavy atom. The van der Waals surface area contributed by atoms with Gasteiger partial charge in [-0.1, -0.05) is 35.9 Å². The van der Waals surface area contributed by atoms with Crippen LogP contribution in [0.2, 0.25) is 5.02 Å². The molecule has 0 saturated carbocycles. The number of carbonyl (C=O) groups is 3. The zero-order valence-electron chi connectivity index (χ0n) is 16.7. The fourth-order valence-electron chi connectivity index (χ4n) is 2.46. The van der Waals surface area contributed by atoms with Gasteiger partial charge in [-0.2, -0.15) is 0 Å². The summed E-state index contributed by atoms with van der Waals surface area (Å²) in [6, 6.07) is 13.8. The van der Waals surface area contributed by atoms with Crippen LogP contribution in [0.5, 0.6) is 5.75 Å². The standard InChI is InChI=1S/C22H24ClNO6/c1-2-28-21(26)8-5-13-24-20(25)15-30-22(27)18-6-3-4-7-19(18)29-14-16-9-11-17(23)12-10-16/h3-4,6-7,9-12H,2,5,8,13-15H2,1H3,(H,24,25). The molecule has 0 heterocycles. The maximum absolute atomic E-state index is 12.4. The van der Waals surface area contributed by atoms with E-state index in [0.717, 1.165) is 5.56 Å². The lowest BCUT2D eigenvalue weighted by molar-refractivity contribution is -0.143. The predicted molar refractivity (Wildman–Crippen MR) is 111 cm³/mol. The van der Waals surface area contributed by atoms with Crippen LogP contribution >= 0.6 is 11.6 Å². The smallest absolute Gasteiger partial charge is 0.342 e. The summed E-state index contributed by atoms with van der Waals surface area (Å²) in [7, 11) is 0. The molecule has 0 atom stereocenters. The third-order valence-corrected chi connectivity index (χ3v) is 4.19. The average molecular weight is 434 g/mol. The van der Waals surface area contributed by atoms with Crippen molar-refractivity contribution >= 4 is 29.4 Å². The molecule has 2 aromatic carbocycles. The fraction of sp³-hybridized carbons (Fsp3) is 0.318. The molecule has 7 nitrogen and oxygen atoms in total. The Hall–Kier alpha value is -3.06. The second kappa shape index (κ2) is 12.5. The maximum atomic E-state index is 12.4. The van der Waals surface area contributed by atoms with Gasteiger partial charge in [0, 0.05) is 18.0 Å². The van der Waals surface area contributed by atoms with E-state index in [1.165, 1.54) is 0 Å². The monoisotopic (exact) mass is 433 g/mol. The number of ether oxygens (including phenoxy) is 3. The number of hydrogen-bond acceptors (Lipinski definition) is 6. The minimum Gasteiger partial charge on any atom is -0.488 e. The maximum Gasteiger partial charge on any atom is 0.342 e. The van der Waals surface area contributed by atoms with E-state index in [1.54, 1.807) is 43.3 Å². The second-order valence-electron chi connectivity index (χ2n) is 6.25. The molecule has 0 aliphatic heterocycles. The van der Waals surface area contributed by atoms with Crippen molar-refractivity contribution in [3.05, 3.63) is 64.7 Å². The third kappa shape index (κ3) is 8.13. The lowest BCUT2D eigenvalue weighted by Crippen LogP contribution is -2.30. The molecule has 0 aliphatic rings. The van der Waals surface area contributed by atoms with Crippen LogP contribution in [-0.2, 0) is 25.7 Å². The van der Waals surface area contributed by atoms with E-state index in [9.17, 15) is 14.4 Å². The zero-order valence-corrected chi connectivity index (χ0v) is 17.4. The summed E-state index contributed by atoms with van der Waals surface area (Å²) >= 11 is 5.87. The van der Waals surface area contributed by atoms with Crippen molar-refractivity contribution in [2.75, 3.05) is 19.8 Å². The van der Waals surface area contributed by atoms with Gasteiger partial charge in [0.1, 0.15) is 17.9 Å². The number of amides is 1. The second-order valence-corrected chi connectivity index (χ2v) is 6.68. The van der Waals surface area contributed by atoms with Gasteiger partial charge in [-0.05, 0) is 43.2 Å². The highest BCUT2D eigenvalue weighted by molar-refractivity contribution is 6.30. The SMILES string of the molecule is CCOC(=O)CCCNC(=O)COC(=O)c1ccccc1OCc1ccc(Cl)cc1. The number of esters is 2. The highest BCUT2D eigenvalue weighted by atomic mass is 35.5. The third-order valence-electron chi connectivity index (χ3n) is 3.93. The Bertz CT molecular complexity index is 853. The van der Waals surface area contributed by atoms with Crippen LogP contribution in [-0.4, -0.2) is 37.6 Å². The molecule has 0 fully saturated rings. The van der Waals surface area contributed by atoms with Crippen molar-refractivity contribution in [2.24, 2.45) is 0 Å². The molecule has 2 aromatic rings. The first-order chi connectivity index (χ1) is 14.5. The zero-order chi connectivity index (χ0) is 21.8. The quantitative estimate of drug-likeness (QED) is 0.430. The summed E-state index contributed by atoms with van der Waals surface area (Å²) in [5, 5.41) is 3.21. The summed E-state index contributed by atoms with van der Waals surface area (Å²) in [6.45, 7) is 2.17. The normalized spacial score (nSPS) is 10.2. The van der Waals surface area contributed by atoms with Gasteiger partial charge in [0.15, 0.2) is 6.61 Å². The first-order valence-corrected chi connectivity index (χ1v) is 9.93. The minimum atomic E-state index is -0.664. The highest BCUT2D eigenvalue weighted by Crippen LogP contribution is 2.21. The van der Waals surface area contributed by atoms with Crippen molar-refractivity contribution < 1.29 is 28.6 Å². The molecule has 1 N–H and O–H groups in total. The fourth-order valence-corrected chi connectivity index (χ4v) is 2.58. The molecule has 1 amide bonds. The van der Waals surface area contributed by atoms with Crippen LogP contribution in [0, 0.1) is 0 Å². The highest BCUT2D eigenvalue weighted by Gasteiger charge is 2.15. The summed E-state index contributed by atoms with van der Waals surface area (Å²) in [4.78, 5) is 35.4. The number of hydrogen-bond donors (Lipinski definition) is 1. The summed E-state index contributed by atoms with van der Waals surface area (Å²) < 4.78 is 15.6. The minimum absolute atomic E-state index is 0.215. The Labute approximate surface area is 180 Å². The summed E-state index contributed by atoms with van der Waals surface area (Å²) in [5.41, 5.74) is 1.12. The van der Waals surface area contributed by atoms with E-state index in [0.29, 0.717) is 23.8 Å². The van der Waals surface area contributed by atoms with E-state index in [-0.39, 0.29) is 31.1 Å². The first kappa shape index (κ1) is 23.2. The number of para-hydroxylation sites is 1. The molecule has 0 unspecified atom stereocenters. The van der Waals surface area contributed by atoms with Gasteiger partial charge in [-0.3, -0.25) is 9.59 Å². The molecule has 0 aliphatic carbocycles. The number of halogens is 1. The van der Waals surface area contributed by atoms with Gasteiger partial charge < -0.3 is 19.5 Å². The van der Waals surface area contributed by atoms with Crippen LogP contribution < -0.4 is 10.1 Å². The van der Waals surface area contributed by atoms with Gasteiger partial charge >= 0.3 is 11.9 Å². The Morgan fingerprint density at radius 2 is 1.73 bits per heavy atom. The van der Waals surface area contributed by atoms with Gasteiger partial charge in [-0.15, -0.1) is 0 Å². The van der Waals surface area contributed by atoms with E-state index < -0.39 is 18.5 Å². The largest absolute Gasteiger partial charge is 0.488 e. The molecule has 0 bridgehead atoms. The number of carbonyl (C=O) groups excluding carboxylic acids is 3. The van der Waals surface area contributed by atoms with Crippen LogP contribution in [0.25, 0.3) is 0 Å². The van der Waals surface area contributed by atoms with Crippen molar-refractivity contribution in [3.8, 4) is 5.75 Å². The summed E-state index contributed by atoms with van der Waals surface area (Å²) in [6.07, 6.45) is 0.659. The van der Waals surface area contributed by atoms with Gasteiger partial charge in [-0.25, -0.2) is 4.79 Å². The number of nitrogens with one attached hydrogen (secondary N) is 1. The summed E-state index contributed by atoms with van der Waals surface area (Å²) in [5.74, 6) is -1.07. The Balaban J connectivity index is 1.79. The van der Waals surface area contributed by atoms with Crippen LogP contribution in [0.1, 0.15) is 35.7 Å². The molecule has 2 rings (SSSR count). The van der Waals surface area contributed by atoms with Crippen LogP contribution in [0.3, 0.4) is 0 Å². The van der Waals surface area contributed by atoms with Crippen molar-refractivity contribution in [1.82, 2.24) is 5.32 Å². The van der Waals surface area contributed by atoms with E-state index >= 15 is 0 Å². The molecular formula is C22H24ClNO6. The van der Waals surface area contributed by atoms with Crippen LogP contribution in [0.4, 0.5) is 0 Å². The van der Waals surface area contributed by atoms with Gasteiger partial charge in [0.2, 0.25) is 0 Å². The van der Waals surface area contributed by atoms with Crippen molar-refractivity contribution in [3.63, 3.8) is 0 Å². The lowest BCUT2D eigenvalue weighted by Gasteiger charge is -2.11. The van der Waals surface area contributed by atoms with Gasteiger partial charge in [0.25, 0.3) is 5.91 Å². The molecule has 0 radical (unpaired) electrons. The lowest BCUT2D eigenvalue weighted by atomic mass is 10.2. The van der Waals surface area contributed by atoms with E-state index in [2.05, 4.69) is 5.32 Å². The van der Waals surface area contributed by atoms with E-state index in [1.807, 2.05) is 12.1 Å². The Morgan fingerprint density at radius 1 is 1.00 bits per heavy atom. The van der Waals surface area contributed by atoms with Crippen molar-refractivity contribution in [1.29, 1.82) is 0 Å². The first-order valence-electron chi connectivity index (χ1n) is 9.55. The molecule has 8 heteroatoms. The molecule has 0 aromatic heterocycles. The van der Waals surface area contributed by atoms with Crippen molar-refractivity contribution in [2.45, 2.75) is 26.4 Å². The molecule has 0 saturated heterocycles. The molecule has 0 spiro atoms. The van der Waals surface area contributed by atoms with Crippen LogP contribution in [0.15, 0.2) is 48.5 Å². The number of rotatable bonds is 11. The Kier molecular flexibility index (Phi) is 9.67. The topological polar surface area (TPSA) is 90.9 Å². The predicted octanol–water partition coefficient (Wildman–Crippen LogP) is 3.54. The molecule has 30 heavy (non-hydrogen) atoms. The molecular weight excluding hydrogens is 410 g/mol. The average Bonchev–Trinajstić information content (AvgIpc) is 2.75. The van der Waals surface area contributed by atoms with E-state index in [4.69, 9.17) is 25.8 Å². The molecule has 160 valence electrons. The van der Waals surface area contributed by atoms with Gasteiger partial charge in [0.05, 0.1) is 6.61 Å². The number of benzene rings is 2.